The lowest BCUT2D eigenvalue weighted by atomic mass is 9.94. The first kappa shape index (κ1) is 32.1. The molecule has 0 radical (unpaired) electrons. The van der Waals surface area contributed by atoms with Crippen LogP contribution in [0.5, 0.6) is 0 Å². The minimum Gasteiger partial charge on any atom is -0.481 e. The van der Waals surface area contributed by atoms with E-state index in [4.69, 9.17) is 20.4 Å². The second-order valence-electron chi connectivity index (χ2n) is 7.93. The molecular formula is C20H31F3N2O10. The van der Waals surface area contributed by atoms with Crippen molar-refractivity contribution in [1.29, 1.82) is 0 Å². The van der Waals surface area contributed by atoms with Crippen molar-refractivity contribution in [2.45, 2.75) is 82.2 Å². The molecule has 0 bridgehead atoms. The van der Waals surface area contributed by atoms with Gasteiger partial charge in [-0.05, 0) is 32.1 Å². The molecule has 15 heteroatoms. The summed E-state index contributed by atoms with van der Waals surface area (Å²) in [6, 6.07) is -3.03. The average molecular weight is 516 g/mol. The van der Waals surface area contributed by atoms with Gasteiger partial charge in [0.25, 0.3) is 0 Å². The van der Waals surface area contributed by atoms with E-state index < -0.39 is 79.5 Å². The van der Waals surface area contributed by atoms with E-state index in [0.717, 1.165) is 0 Å². The van der Waals surface area contributed by atoms with Crippen LogP contribution in [0.1, 0.15) is 57.8 Å². The highest BCUT2D eigenvalue weighted by atomic mass is 19.4. The number of unbranched alkanes of at least 4 members (excludes halogenated alkanes) is 2. The fraction of sp³-hybridized carbons (Fsp3) is 0.750. The Morgan fingerprint density at radius 1 is 0.771 bits per heavy atom. The highest BCUT2D eigenvalue weighted by Crippen LogP contribution is 2.17. The van der Waals surface area contributed by atoms with E-state index in [1.54, 1.807) is 0 Å². The van der Waals surface area contributed by atoms with Crippen molar-refractivity contribution in [2.24, 2.45) is 5.92 Å². The fourth-order valence-corrected chi connectivity index (χ4v) is 3.09. The Labute approximate surface area is 198 Å². The summed E-state index contributed by atoms with van der Waals surface area (Å²) in [5.41, 5.74) is 0. The van der Waals surface area contributed by atoms with Gasteiger partial charge in [0.1, 0.15) is 6.04 Å². The first-order valence-electron chi connectivity index (χ1n) is 10.8. The number of amides is 2. The number of carbonyl (C=O) groups excluding carboxylic acids is 2. The minimum absolute atomic E-state index is 0.0668. The van der Waals surface area contributed by atoms with Crippen molar-refractivity contribution in [3.63, 3.8) is 0 Å². The van der Waals surface area contributed by atoms with E-state index in [-0.39, 0.29) is 25.7 Å². The molecule has 0 fully saturated rings. The molecule has 0 aromatic carbocycles. The Morgan fingerprint density at radius 2 is 1.40 bits per heavy atom. The van der Waals surface area contributed by atoms with Crippen molar-refractivity contribution in [1.82, 2.24) is 10.6 Å². The monoisotopic (exact) mass is 516 g/mol. The van der Waals surface area contributed by atoms with Gasteiger partial charge in [-0.15, -0.1) is 0 Å². The van der Waals surface area contributed by atoms with Crippen LogP contribution in [-0.2, 0) is 24.0 Å². The summed E-state index contributed by atoms with van der Waals surface area (Å²) in [7, 11) is 0. The zero-order chi connectivity index (χ0) is 27.2. The zero-order valence-electron chi connectivity index (χ0n) is 18.8. The molecule has 0 aliphatic heterocycles. The Morgan fingerprint density at radius 3 is 1.89 bits per heavy atom. The molecule has 0 aliphatic rings. The molecule has 202 valence electrons. The van der Waals surface area contributed by atoms with Gasteiger partial charge in [0.2, 0.25) is 5.91 Å². The summed E-state index contributed by atoms with van der Waals surface area (Å²) in [4.78, 5) is 56.0. The van der Waals surface area contributed by atoms with Crippen LogP contribution in [0, 0.1) is 5.92 Å². The summed E-state index contributed by atoms with van der Waals surface area (Å²) in [5, 5.41) is 49.9. The maximum absolute atomic E-state index is 12.4. The quantitative estimate of drug-likeness (QED) is 0.123. The van der Waals surface area contributed by atoms with Gasteiger partial charge in [-0.25, -0.2) is 4.79 Å². The second-order valence-corrected chi connectivity index (χ2v) is 7.93. The summed E-state index contributed by atoms with van der Waals surface area (Å²) < 4.78 is 37.1. The maximum Gasteiger partial charge on any atom is 0.471 e. The molecule has 4 unspecified atom stereocenters. The van der Waals surface area contributed by atoms with Crippen molar-refractivity contribution < 1.29 is 62.7 Å². The van der Waals surface area contributed by atoms with Gasteiger partial charge in [-0.3, -0.25) is 19.2 Å². The topological polar surface area (TPSA) is 211 Å². The lowest BCUT2D eigenvalue weighted by Crippen LogP contribution is -2.48. The summed E-state index contributed by atoms with van der Waals surface area (Å²) >= 11 is 0. The molecule has 0 aromatic rings. The molecule has 0 aliphatic carbocycles. The summed E-state index contributed by atoms with van der Waals surface area (Å²) in [6.07, 6.45) is -6.81. The van der Waals surface area contributed by atoms with Crippen LogP contribution in [-0.4, -0.2) is 86.2 Å². The molecule has 7 N–H and O–H groups in total. The Bertz CT molecular complexity index is 732. The third-order valence-corrected chi connectivity index (χ3v) is 5.12. The van der Waals surface area contributed by atoms with Gasteiger partial charge < -0.3 is 36.2 Å². The molecule has 12 nitrogen and oxygen atoms in total. The zero-order valence-corrected chi connectivity index (χ0v) is 18.8. The number of hydrogen-bond acceptors (Lipinski definition) is 7. The first-order chi connectivity index (χ1) is 16.2. The van der Waals surface area contributed by atoms with E-state index >= 15 is 0 Å². The summed E-state index contributed by atoms with van der Waals surface area (Å²) in [5.74, 6) is -8.59. The highest BCUT2D eigenvalue weighted by molar-refractivity contribution is 5.87. The maximum atomic E-state index is 12.4. The number of nitrogens with one attached hydrogen (secondary N) is 2. The molecule has 0 saturated carbocycles. The normalized spacial score (nSPS) is 14.9. The Kier molecular flexibility index (Phi) is 14.5. The molecular weight excluding hydrogens is 485 g/mol. The van der Waals surface area contributed by atoms with E-state index in [1.165, 1.54) is 5.32 Å². The van der Waals surface area contributed by atoms with Crippen LogP contribution in [0.4, 0.5) is 13.2 Å². The Hall–Kier alpha value is -2.94. The van der Waals surface area contributed by atoms with Gasteiger partial charge in [0, 0.05) is 12.8 Å². The molecule has 0 saturated heterocycles. The van der Waals surface area contributed by atoms with Crippen LogP contribution in [0.15, 0.2) is 0 Å². The average Bonchev–Trinajstić information content (AvgIpc) is 2.74. The van der Waals surface area contributed by atoms with Crippen molar-refractivity contribution in [3.05, 3.63) is 0 Å². The number of aliphatic carboxylic acids is 3. The Balaban J connectivity index is 5.05. The second kappa shape index (κ2) is 15.9. The number of carboxylic acids is 3. The van der Waals surface area contributed by atoms with Gasteiger partial charge in [0.05, 0.1) is 24.7 Å². The van der Waals surface area contributed by atoms with Crippen LogP contribution in [0.3, 0.4) is 0 Å². The van der Waals surface area contributed by atoms with E-state index in [0.29, 0.717) is 19.3 Å². The number of aliphatic hydroxyl groups is 2. The fourth-order valence-electron chi connectivity index (χ4n) is 3.09. The predicted octanol–water partition coefficient (Wildman–Crippen LogP) is 0.252. The molecule has 0 spiro atoms. The number of halogens is 3. The molecule has 0 heterocycles. The SMILES string of the molecule is O=C(O)CCCCCC(O)C(CCC(CO)C(=O)O)NC(=O)CCC(NC(=O)C(F)(F)F)C(=O)O. The van der Waals surface area contributed by atoms with Crippen molar-refractivity contribution >= 4 is 29.7 Å². The molecule has 35 heavy (non-hydrogen) atoms. The van der Waals surface area contributed by atoms with Crippen LogP contribution in [0.25, 0.3) is 0 Å². The van der Waals surface area contributed by atoms with Crippen LogP contribution >= 0.6 is 0 Å². The van der Waals surface area contributed by atoms with Gasteiger partial charge in [-0.1, -0.05) is 12.8 Å². The van der Waals surface area contributed by atoms with Gasteiger partial charge in [0.15, 0.2) is 0 Å². The lowest BCUT2D eigenvalue weighted by Gasteiger charge is -2.25. The van der Waals surface area contributed by atoms with E-state index in [2.05, 4.69) is 5.32 Å². The predicted molar refractivity (Wildman–Crippen MR) is 111 cm³/mol. The third-order valence-electron chi connectivity index (χ3n) is 5.12. The first-order valence-corrected chi connectivity index (χ1v) is 10.8. The van der Waals surface area contributed by atoms with Gasteiger partial charge in [-0.2, -0.15) is 13.2 Å². The number of aliphatic hydroxyl groups excluding tert-OH is 2. The summed E-state index contributed by atoms with van der Waals surface area (Å²) in [6.45, 7) is -0.694. The standard InChI is InChI=1S/C20H31F3N2O10/c21-20(22,23)19(35)25-13(18(33)34)8-9-15(28)24-12(7-6-11(10-26)17(31)32)14(27)4-2-1-3-5-16(29)30/h11-14,26-27H,1-10H2,(H,24,28)(H,25,35)(H,29,30)(H,31,32)(H,33,34). The lowest BCUT2D eigenvalue weighted by molar-refractivity contribution is -0.175. The van der Waals surface area contributed by atoms with E-state index in [1.807, 2.05) is 0 Å². The van der Waals surface area contributed by atoms with E-state index in [9.17, 15) is 42.3 Å². The van der Waals surface area contributed by atoms with Crippen LogP contribution in [0.2, 0.25) is 0 Å². The molecule has 0 aromatic heterocycles. The number of carboxylic acid groups (broad SMARTS) is 3. The van der Waals surface area contributed by atoms with Gasteiger partial charge >= 0.3 is 30.0 Å². The third kappa shape index (κ3) is 14.1. The number of rotatable bonds is 18. The highest BCUT2D eigenvalue weighted by Gasteiger charge is 2.40. The number of hydrogen-bond donors (Lipinski definition) is 7. The number of alkyl halides is 3. The molecule has 4 atom stereocenters. The largest absolute Gasteiger partial charge is 0.481 e. The number of carbonyl (C=O) groups is 5. The smallest absolute Gasteiger partial charge is 0.471 e. The molecule has 2 amide bonds. The minimum atomic E-state index is -5.32. The van der Waals surface area contributed by atoms with Crippen molar-refractivity contribution in [2.75, 3.05) is 6.61 Å². The molecule has 0 rings (SSSR count). The van der Waals surface area contributed by atoms with Crippen molar-refractivity contribution in [3.8, 4) is 0 Å². The van der Waals surface area contributed by atoms with Crippen LogP contribution < -0.4 is 10.6 Å².